The number of methoxy groups -OCH3 is 1. The van der Waals surface area contributed by atoms with Gasteiger partial charge in [-0.1, -0.05) is 28.1 Å². The summed E-state index contributed by atoms with van der Waals surface area (Å²) in [4.78, 5) is 0. The van der Waals surface area contributed by atoms with E-state index in [1.165, 1.54) is 6.07 Å². The Morgan fingerprint density at radius 1 is 1.24 bits per heavy atom. The molecule has 2 aromatic carbocycles. The zero-order valence-corrected chi connectivity index (χ0v) is 14.0. The Balaban J connectivity index is 2.34. The summed E-state index contributed by atoms with van der Waals surface area (Å²) in [5.74, 6) is 0.549. The van der Waals surface area contributed by atoms with Crippen molar-refractivity contribution in [1.29, 1.82) is 0 Å². The lowest BCUT2D eigenvalue weighted by molar-refractivity contribution is 0.412. The van der Waals surface area contributed by atoms with Crippen LogP contribution in [0.1, 0.15) is 23.6 Å². The van der Waals surface area contributed by atoms with Gasteiger partial charge in [-0.25, -0.2) is 4.39 Å². The molecule has 1 unspecified atom stereocenters. The molecule has 2 N–H and O–H groups in total. The molecule has 0 aliphatic carbocycles. The van der Waals surface area contributed by atoms with Crippen molar-refractivity contribution in [2.45, 2.75) is 25.8 Å². The molecule has 2 aromatic rings. The molecule has 2 rings (SSSR count). The van der Waals surface area contributed by atoms with Crippen molar-refractivity contribution in [2.75, 3.05) is 7.11 Å². The van der Waals surface area contributed by atoms with E-state index in [4.69, 9.17) is 10.5 Å². The SMILES string of the molecule is COc1ccc(Br)c(CC(C)(N)c2ccc(C)c(F)c2)c1. The van der Waals surface area contributed by atoms with Gasteiger partial charge >= 0.3 is 0 Å². The molecule has 112 valence electrons. The largest absolute Gasteiger partial charge is 0.497 e. The number of halogens is 2. The molecule has 0 aromatic heterocycles. The van der Waals surface area contributed by atoms with Crippen molar-refractivity contribution < 1.29 is 9.13 Å². The molecule has 0 aliphatic heterocycles. The molecular formula is C17H19BrFNO. The van der Waals surface area contributed by atoms with Crippen molar-refractivity contribution in [3.05, 3.63) is 63.4 Å². The molecule has 0 fully saturated rings. The second kappa shape index (κ2) is 6.16. The van der Waals surface area contributed by atoms with Crippen LogP contribution in [-0.2, 0) is 12.0 Å². The van der Waals surface area contributed by atoms with Crippen LogP contribution in [0.15, 0.2) is 40.9 Å². The van der Waals surface area contributed by atoms with Crippen molar-refractivity contribution in [3.8, 4) is 5.75 Å². The maximum atomic E-state index is 13.8. The minimum Gasteiger partial charge on any atom is -0.497 e. The van der Waals surface area contributed by atoms with Crippen LogP contribution in [0.4, 0.5) is 4.39 Å². The third kappa shape index (κ3) is 3.63. The minimum absolute atomic E-state index is 0.228. The Kier molecular flexibility index (Phi) is 4.69. The summed E-state index contributed by atoms with van der Waals surface area (Å²) in [6.45, 7) is 3.65. The zero-order valence-electron chi connectivity index (χ0n) is 12.4. The molecule has 4 heteroatoms. The fraction of sp³-hybridized carbons (Fsp3) is 0.294. The minimum atomic E-state index is -0.663. The Morgan fingerprint density at radius 3 is 2.57 bits per heavy atom. The summed E-state index contributed by atoms with van der Waals surface area (Å²) in [7, 11) is 1.63. The second-order valence-corrected chi connectivity index (χ2v) is 6.37. The average Bonchev–Trinajstić information content (AvgIpc) is 2.44. The summed E-state index contributed by atoms with van der Waals surface area (Å²) in [6, 6.07) is 10.9. The summed E-state index contributed by atoms with van der Waals surface area (Å²) in [6.07, 6.45) is 0.577. The predicted molar refractivity (Wildman–Crippen MR) is 87.1 cm³/mol. The van der Waals surface area contributed by atoms with E-state index in [0.29, 0.717) is 12.0 Å². The van der Waals surface area contributed by atoms with Crippen LogP contribution in [0.25, 0.3) is 0 Å². The van der Waals surface area contributed by atoms with Gasteiger partial charge in [0.05, 0.1) is 7.11 Å². The summed E-state index contributed by atoms with van der Waals surface area (Å²) >= 11 is 3.53. The van der Waals surface area contributed by atoms with E-state index in [1.54, 1.807) is 20.1 Å². The number of benzene rings is 2. The maximum absolute atomic E-state index is 13.8. The van der Waals surface area contributed by atoms with Crippen molar-refractivity contribution in [1.82, 2.24) is 0 Å². The highest BCUT2D eigenvalue weighted by atomic mass is 79.9. The molecule has 21 heavy (non-hydrogen) atoms. The van der Waals surface area contributed by atoms with Crippen LogP contribution in [0.3, 0.4) is 0 Å². The lowest BCUT2D eigenvalue weighted by atomic mass is 9.86. The molecule has 2 nitrogen and oxygen atoms in total. The van der Waals surface area contributed by atoms with Crippen molar-refractivity contribution >= 4 is 15.9 Å². The van der Waals surface area contributed by atoms with Crippen molar-refractivity contribution in [2.24, 2.45) is 5.73 Å². The number of rotatable bonds is 4. The van der Waals surface area contributed by atoms with Crippen LogP contribution < -0.4 is 10.5 Å². The predicted octanol–water partition coefficient (Wildman–Crippen LogP) is 4.32. The quantitative estimate of drug-likeness (QED) is 0.889. The molecule has 0 bridgehead atoms. The first kappa shape index (κ1) is 16.0. The average molecular weight is 352 g/mol. The van der Waals surface area contributed by atoms with Gasteiger partial charge in [0.25, 0.3) is 0 Å². The second-order valence-electron chi connectivity index (χ2n) is 5.52. The summed E-state index contributed by atoms with van der Waals surface area (Å²) in [5.41, 5.74) is 8.19. The first-order valence-electron chi connectivity index (χ1n) is 6.71. The van der Waals surface area contributed by atoms with Gasteiger partial charge in [0.1, 0.15) is 11.6 Å². The molecule has 0 radical (unpaired) electrons. The first-order chi connectivity index (χ1) is 9.83. The van der Waals surface area contributed by atoms with Gasteiger partial charge < -0.3 is 10.5 Å². The smallest absolute Gasteiger partial charge is 0.126 e. The number of aryl methyl sites for hydroxylation is 1. The Morgan fingerprint density at radius 2 is 1.95 bits per heavy atom. The highest BCUT2D eigenvalue weighted by Crippen LogP contribution is 2.30. The maximum Gasteiger partial charge on any atom is 0.126 e. The molecule has 0 heterocycles. The van der Waals surface area contributed by atoms with Crippen LogP contribution in [0.2, 0.25) is 0 Å². The fourth-order valence-corrected chi connectivity index (χ4v) is 2.65. The third-order valence-electron chi connectivity index (χ3n) is 3.64. The Bertz CT molecular complexity index is 655. The van der Waals surface area contributed by atoms with Crippen LogP contribution in [-0.4, -0.2) is 7.11 Å². The lowest BCUT2D eigenvalue weighted by Crippen LogP contribution is -2.35. The summed E-state index contributed by atoms with van der Waals surface area (Å²) < 4.78 is 20.0. The molecule has 0 saturated heterocycles. The van der Waals surface area contributed by atoms with Gasteiger partial charge in [0.15, 0.2) is 0 Å². The number of nitrogens with two attached hydrogens (primary N) is 1. The molecular weight excluding hydrogens is 333 g/mol. The van der Waals surface area contributed by atoms with Crippen LogP contribution >= 0.6 is 15.9 Å². The van der Waals surface area contributed by atoms with Gasteiger partial charge in [0, 0.05) is 10.0 Å². The Labute approximate surface area is 133 Å². The zero-order chi connectivity index (χ0) is 15.6. The molecule has 0 aliphatic rings. The van der Waals surface area contributed by atoms with Gasteiger partial charge in [-0.3, -0.25) is 0 Å². The Hall–Kier alpha value is -1.39. The highest BCUT2D eigenvalue weighted by Gasteiger charge is 2.24. The number of ether oxygens (including phenoxy) is 1. The van der Waals surface area contributed by atoms with E-state index >= 15 is 0 Å². The van der Waals surface area contributed by atoms with E-state index in [1.807, 2.05) is 31.2 Å². The van der Waals surface area contributed by atoms with E-state index in [2.05, 4.69) is 15.9 Å². The van der Waals surface area contributed by atoms with Crippen LogP contribution in [0, 0.1) is 12.7 Å². The topological polar surface area (TPSA) is 35.2 Å². The van der Waals surface area contributed by atoms with Gasteiger partial charge in [0.2, 0.25) is 0 Å². The fourth-order valence-electron chi connectivity index (χ4n) is 2.26. The standard InChI is InChI=1S/C17H19BrFNO/c1-11-4-5-13(9-16(11)19)17(2,20)10-12-8-14(21-3)6-7-15(12)18/h4-9H,10,20H2,1-3H3. The van der Waals surface area contributed by atoms with E-state index in [0.717, 1.165) is 21.3 Å². The highest BCUT2D eigenvalue weighted by molar-refractivity contribution is 9.10. The third-order valence-corrected chi connectivity index (χ3v) is 4.42. The van der Waals surface area contributed by atoms with E-state index in [-0.39, 0.29) is 5.82 Å². The van der Waals surface area contributed by atoms with Crippen LogP contribution in [0.5, 0.6) is 5.75 Å². The van der Waals surface area contributed by atoms with Gasteiger partial charge in [-0.15, -0.1) is 0 Å². The van der Waals surface area contributed by atoms with Gasteiger partial charge in [-0.2, -0.15) is 0 Å². The lowest BCUT2D eigenvalue weighted by Gasteiger charge is -2.26. The van der Waals surface area contributed by atoms with E-state index < -0.39 is 5.54 Å². The molecule has 0 spiro atoms. The molecule has 1 atom stereocenters. The molecule has 0 saturated carbocycles. The monoisotopic (exact) mass is 351 g/mol. The number of hydrogen-bond acceptors (Lipinski definition) is 2. The van der Waals surface area contributed by atoms with Gasteiger partial charge in [-0.05, 0) is 61.2 Å². The van der Waals surface area contributed by atoms with Crippen molar-refractivity contribution in [3.63, 3.8) is 0 Å². The summed E-state index contributed by atoms with van der Waals surface area (Å²) in [5, 5.41) is 0. The molecule has 0 amide bonds. The first-order valence-corrected chi connectivity index (χ1v) is 7.51. The number of hydrogen-bond donors (Lipinski definition) is 1. The van der Waals surface area contributed by atoms with E-state index in [9.17, 15) is 4.39 Å². The normalized spacial score (nSPS) is 13.8.